The van der Waals surface area contributed by atoms with Crippen LogP contribution in [0.5, 0.6) is 5.75 Å². The van der Waals surface area contributed by atoms with Gasteiger partial charge in [0.2, 0.25) is 29.5 Å². The molecule has 48 heavy (non-hydrogen) atoms. The third kappa shape index (κ3) is 14.9. The maximum atomic E-state index is 13.0. The van der Waals surface area contributed by atoms with E-state index in [1.54, 1.807) is 26.0 Å². The molecule has 0 aromatic heterocycles. The molecule has 5 amide bonds. The Morgan fingerprint density at radius 2 is 1.50 bits per heavy atom. The SMILES string of the molecule is CCC(C)C(NC(=O)C(N)Cc1ccc(O)cc1)C(=O)NCC(=O)NC(CO)C(=O)NC(CS)C(=O)NC(CCCN=C(N)N)C(=O)O. The molecule has 6 unspecified atom stereocenters. The van der Waals surface area contributed by atoms with Gasteiger partial charge in [0.1, 0.15) is 29.9 Å². The number of aliphatic hydroxyl groups excluding tert-OH is 1. The average Bonchev–Trinajstić information content (AvgIpc) is 3.05. The van der Waals surface area contributed by atoms with Crippen LogP contribution in [-0.2, 0) is 35.2 Å². The van der Waals surface area contributed by atoms with Gasteiger partial charge in [-0.15, -0.1) is 0 Å². The molecule has 0 saturated carbocycles. The predicted molar refractivity (Wildman–Crippen MR) is 178 cm³/mol. The van der Waals surface area contributed by atoms with Gasteiger partial charge < -0.3 is 59.1 Å². The second kappa shape index (κ2) is 21.3. The summed E-state index contributed by atoms with van der Waals surface area (Å²) >= 11 is 4.03. The fourth-order valence-corrected chi connectivity index (χ4v) is 4.41. The van der Waals surface area contributed by atoms with Crippen molar-refractivity contribution in [1.82, 2.24) is 26.6 Å². The first-order valence-corrected chi connectivity index (χ1v) is 15.8. The molecule has 1 aromatic carbocycles. The second-order valence-electron chi connectivity index (χ2n) is 11.0. The molecule has 14 N–H and O–H groups in total. The normalized spacial score (nSPS) is 14.5. The van der Waals surface area contributed by atoms with Gasteiger partial charge in [0.25, 0.3) is 0 Å². The van der Waals surface area contributed by atoms with Crippen LogP contribution in [0, 0.1) is 5.92 Å². The molecular weight excluding hydrogens is 650 g/mol. The van der Waals surface area contributed by atoms with E-state index in [4.69, 9.17) is 17.2 Å². The summed E-state index contributed by atoms with van der Waals surface area (Å²) in [7, 11) is 0. The minimum atomic E-state index is -1.54. The number of carbonyl (C=O) groups is 6. The summed E-state index contributed by atoms with van der Waals surface area (Å²) in [5.74, 6) is -6.03. The summed E-state index contributed by atoms with van der Waals surface area (Å²) in [6.07, 6.45) is 0.863. The molecule has 1 aromatic rings. The van der Waals surface area contributed by atoms with Crippen LogP contribution in [0.4, 0.5) is 0 Å². The number of carboxylic acids is 1. The number of phenolic OH excluding ortho intramolecular Hbond substituents is 1. The third-order valence-corrected chi connectivity index (χ3v) is 7.52. The number of aliphatic carboxylic acids is 1. The molecule has 0 radical (unpaired) electrons. The maximum absolute atomic E-state index is 13.0. The van der Waals surface area contributed by atoms with Crippen LogP contribution in [0.25, 0.3) is 0 Å². The van der Waals surface area contributed by atoms with Crippen molar-refractivity contribution in [3.63, 3.8) is 0 Å². The van der Waals surface area contributed by atoms with Crippen LogP contribution in [0.15, 0.2) is 29.3 Å². The van der Waals surface area contributed by atoms with Crippen molar-refractivity contribution < 1.29 is 44.1 Å². The Balaban J connectivity index is 2.74. The number of guanidine groups is 1. The Kier molecular flexibility index (Phi) is 18.4. The van der Waals surface area contributed by atoms with Gasteiger partial charge in [0.05, 0.1) is 19.2 Å². The zero-order valence-corrected chi connectivity index (χ0v) is 27.7. The molecule has 0 aliphatic rings. The topological polar surface area (TPSA) is 314 Å². The Morgan fingerprint density at radius 3 is 2.04 bits per heavy atom. The van der Waals surface area contributed by atoms with E-state index in [9.17, 15) is 44.1 Å². The lowest BCUT2D eigenvalue weighted by atomic mass is 9.97. The van der Waals surface area contributed by atoms with E-state index in [1.165, 1.54) is 12.1 Å². The number of benzene rings is 1. The number of rotatable bonds is 21. The van der Waals surface area contributed by atoms with Gasteiger partial charge in [-0.3, -0.25) is 29.0 Å². The number of aliphatic hydroxyl groups is 1. The summed E-state index contributed by atoms with van der Waals surface area (Å²) in [4.78, 5) is 79.2. The fourth-order valence-electron chi connectivity index (χ4n) is 4.16. The predicted octanol–water partition coefficient (Wildman–Crippen LogP) is -3.58. The largest absolute Gasteiger partial charge is 0.508 e. The minimum absolute atomic E-state index is 0.0136. The van der Waals surface area contributed by atoms with Gasteiger partial charge in [-0.05, 0) is 42.9 Å². The lowest BCUT2D eigenvalue weighted by Crippen LogP contribution is -2.58. The van der Waals surface area contributed by atoms with Crippen molar-refractivity contribution in [3.8, 4) is 5.75 Å². The molecule has 18 nitrogen and oxygen atoms in total. The average molecular weight is 698 g/mol. The molecule has 0 fully saturated rings. The monoisotopic (exact) mass is 697 g/mol. The van der Waals surface area contributed by atoms with Crippen molar-refractivity contribution in [3.05, 3.63) is 29.8 Å². The molecule has 0 aliphatic carbocycles. The van der Waals surface area contributed by atoms with Crippen LogP contribution >= 0.6 is 12.6 Å². The van der Waals surface area contributed by atoms with Crippen LogP contribution in [0.1, 0.15) is 38.7 Å². The molecule has 0 spiro atoms. The van der Waals surface area contributed by atoms with E-state index in [-0.39, 0.29) is 49.2 Å². The number of hydrogen-bond acceptors (Lipinski definition) is 11. The molecule has 0 heterocycles. The van der Waals surface area contributed by atoms with Crippen LogP contribution in [0.2, 0.25) is 0 Å². The molecule has 1 rings (SSSR count). The van der Waals surface area contributed by atoms with Gasteiger partial charge in [0.15, 0.2) is 5.96 Å². The first kappa shape index (κ1) is 41.4. The molecule has 0 aliphatic heterocycles. The van der Waals surface area contributed by atoms with Crippen LogP contribution in [-0.4, -0.2) is 112 Å². The minimum Gasteiger partial charge on any atom is -0.508 e. The number of aromatic hydroxyl groups is 1. The Bertz CT molecular complexity index is 1280. The molecule has 6 atom stereocenters. The van der Waals surface area contributed by atoms with Crippen molar-refractivity contribution in [1.29, 1.82) is 0 Å². The Hall–Kier alpha value is -4.62. The summed E-state index contributed by atoms with van der Waals surface area (Å²) < 4.78 is 0. The third-order valence-electron chi connectivity index (χ3n) is 7.15. The first-order valence-electron chi connectivity index (χ1n) is 15.1. The van der Waals surface area contributed by atoms with Crippen LogP contribution in [0.3, 0.4) is 0 Å². The van der Waals surface area contributed by atoms with Gasteiger partial charge >= 0.3 is 5.97 Å². The summed E-state index contributed by atoms with van der Waals surface area (Å²) in [6, 6.07) is -0.0924. The number of carbonyl (C=O) groups excluding carboxylic acids is 5. The Labute approximate surface area is 283 Å². The standard InChI is InChI=1S/C29H47N9O9S/c1-3-15(2)23(38-24(42)18(30)11-16-6-8-17(40)9-7-16)27(45)34-12-22(41)35-20(13-39)25(43)37-21(14-48)26(44)36-19(28(46)47)5-4-10-33-29(31)32/h6-9,15,18-21,23,39-40,48H,3-5,10-14,30H2,1-2H3,(H,34,45)(H,35,41)(H,36,44)(H,37,43)(H,38,42)(H,46,47)(H4,31,32,33). The summed E-state index contributed by atoms with van der Waals surface area (Å²) in [5, 5.41) is 40.4. The smallest absolute Gasteiger partial charge is 0.326 e. The highest BCUT2D eigenvalue weighted by molar-refractivity contribution is 7.80. The van der Waals surface area contributed by atoms with Gasteiger partial charge in [-0.25, -0.2) is 4.79 Å². The summed E-state index contributed by atoms with van der Waals surface area (Å²) in [5.41, 5.74) is 17.2. The maximum Gasteiger partial charge on any atom is 0.326 e. The fraction of sp³-hybridized carbons (Fsp3) is 0.552. The van der Waals surface area contributed by atoms with Crippen molar-refractivity contribution in [2.24, 2.45) is 28.1 Å². The number of amides is 5. The lowest BCUT2D eigenvalue weighted by molar-refractivity contribution is -0.142. The number of aliphatic imine (C=N–C) groups is 1. The van der Waals surface area contributed by atoms with E-state index in [1.807, 2.05) is 0 Å². The van der Waals surface area contributed by atoms with Gasteiger partial charge in [-0.2, -0.15) is 12.6 Å². The highest BCUT2D eigenvalue weighted by Gasteiger charge is 2.30. The number of thiol groups is 1. The van der Waals surface area contributed by atoms with E-state index in [0.29, 0.717) is 12.0 Å². The number of carboxylic acid groups (broad SMARTS) is 1. The zero-order valence-electron chi connectivity index (χ0n) is 26.8. The van der Waals surface area contributed by atoms with E-state index < -0.39 is 78.9 Å². The number of hydrogen-bond donors (Lipinski definition) is 12. The van der Waals surface area contributed by atoms with Gasteiger partial charge in [0, 0.05) is 12.3 Å². The Morgan fingerprint density at radius 1 is 0.896 bits per heavy atom. The second-order valence-corrected chi connectivity index (χ2v) is 11.3. The molecular formula is C29H47N9O9S. The number of phenols is 1. The number of nitrogens with zero attached hydrogens (tertiary/aromatic N) is 1. The molecule has 0 bridgehead atoms. The van der Waals surface area contributed by atoms with Crippen molar-refractivity contribution in [2.45, 2.75) is 69.7 Å². The molecule has 0 saturated heterocycles. The molecule has 268 valence electrons. The lowest BCUT2D eigenvalue weighted by Gasteiger charge is -2.25. The van der Waals surface area contributed by atoms with Crippen LogP contribution < -0.4 is 43.8 Å². The highest BCUT2D eigenvalue weighted by atomic mass is 32.1. The van der Waals surface area contributed by atoms with Gasteiger partial charge in [-0.1, -0.05) is 32.4 Å². The van der Waals surface area contributed by atoms with E-state index in [2.05, 4.69) is 44.2 Å². The van der Waals surface area contributed by atoms with E-state index >= 15 is 0 Å². The summed E-state index contributed by atoms with van der Waals surface area (Å²) in [6.45, 7) is 2.17. The van der Waals surface area contributed by atoms with Crippen molar-refractivity contribution in [2.75, 3.05) is 25.4 Å². The molecule has 19 heteroatoms. The van der Waals surface area contributed by atoms with E-state index in [0.717, 1.165) is 0 Å². The zero-order chi connectivity index (χ0) is 36.4. The van der Waals surface area contributed by atoms with Crippen molar-refractivity contribution >= 4 is 54.1 Å². The highest BCUT2D eigenvalue weighted by Crippen LogP contribution is 2.12. The number of nitrogens with one attached hydrogen (secondary N) is 5. The quantitative estimate of drug-likeness (QED) is 0.0257. The first-order chi connectivity index (χ1) is 22.6. The number of nitrogens with two attached hydrogens (primary N) is 3.